The van der Waals surface area contributed by atoms with Crippen LogP contribution >= 0.6 is 0 Å². The molecule has 0 bridgehead atoms. The summed E-state index contributed by atoms with van der Waals surface area (Å²) in [5.74, 6) is -1.60. The number of piperidine rings is 1. The average Bonchev–Trinajstić information content (AvgIpc) is 3.61. The van der Waals surface area contributed by atoms with Gasteiger partial charge in [0.2, 0.25) is 17.6 Å². The van der Waals surface area contributed by atoms with Gasteiger partial charge < -0.3 is 29.7 Å². The average molecular weight is 730 g/mol. The molecule has 4 rings (SSSR count). The van der Waals surface area contributed by atoms with Crippen LogP contribution in [0.2, 0.25) is 0 Å². The highest BCUT2D eigenvalue weighted by Crippen LogP contribution is 2.34. The van der Waals surface area contributed by atoms with Gasteiger partial charge in [-0.15, -0.1) is 0 Å². The number of alkyl halides is 3. The number of aromatic nitrogens is 2. The highest BCUT2D eigenvalue weighted by molar-refractivity contribution is 5.86. The molecule has 52 heavy (non-hydrogen) atoms. The molecule has 2 aromatic rings. The van der Waals surface area contributed by atoms with Gasteiger partial charge in [-0.2, -0.15) is 18.4 Å². The van der Waals surface area contributed by atoms with E-state index in [0.717, 1.165) is 42.3 Å². The Hall–Kier alpha value is -4.45. The third-order valence-corrected chi connectivity index (χ3v) is 9.70. The minimum absolute atomic E-state index is 0.0814. The predicted octanol–water partition coefficient (Wildman–Crippen LogP) is 4.23. The van der Waals surface area contributed by atoms with Gasteiger partial charge in [-0.1, -0.05) is 12.1 Å². The summed E-state index contributed by atoms with van der Waals surface area (Å²) in [6, 6.07) is 9.37. The molecule has 12 nitrogen and oxygen atoms in total. The zero-order valence-electron chi connectivity index (χ0n) is 30.7. The topological polar surface area (TPSA) is 141 Å². The van der Waals surface area contributed by atoms with Crippen LogP contribution in [0.1, 0.15) is 74.7 Å². The van der Waals surface area contributed by atoms with Crippen LogP contribution in [0, 0.1) is 17.2 Å². The quantitative estimate of drug-likeness (QED) is 0.192. The molecular weight excluding hydrogens is 677 g/mol. The Balaban J connectivity index is 1.30. The summed E-state index contributed by atoms with van der Waals surface area (Å²) < 4.78 is 47.7. The van der Waals surface area contributed by atoms with Crippen LogP contribution in [0.4, 0.5) is 24.8 Å². The first-order chi connectivity index (χ1) is 24.7. The van der Waals surface area contributed by atoms with Crippen molar-refractivity contribution in [2.24, 2.45) is 5.92 Å². The molecule has 3 heterocycles. The molecule has 0 spiro atoms. The number of methoxy groups -OCH3 is 1. The van der Waals surface area contributed by atoms with Gasteiger partial charge in [0.15, 0.2) is 0 Å². The number of carbonyl (C=O) groups is 3. The van der Waals surface area contributed by atoms with Gasteiger partial charge in [-0.25, -0.2) is 14.8 Å². The largest absolute Gasteiger partial charge is 0.467 e. The molecule has 0 radical (unpaired) electrons. The van der Waals surface area contributed by atoms with E-state index in [1.807, 2.05) is 17.0 Å². The summed E-state index contributed by atoms with van der Waals surface area (Å²) >= 11 is 0. The first-order valence-electron chi connectivity index (χ1n) is 18.1. The molecule has 2 aliphatic heterocycles. The Bertz CT molecular complexity index is 1550. The molecule has 0 saturated carbocycles. The Labute approximate surface area is 304 Å². The molecule has 2 fully saturated rings. The summed E-state index contributed by atoms with van der Waals surface area (Å²) in [7, 11) is 7.51. The number of halogens is 3. The van der Waals surface area contributed by atoms with Crippen molar-refractivity contribution in [1.29, 1.82) is 5.26 Å². The van der Waals surface area contributed by atoms with Crippen LogP contribution in [0.15, 0.2) is 30.3 Å². The lowest BCUT2D eigenvalue weighted by Crippen LogP contribution is -2.44. The lowest BCUT2D eigenvalue weighted by molar-refractivity contribution is -0.870. The number of hydrogen-bond donors (Lipinski definition) is 2. The maximum absolute atomic E-state index is 14.0. The van der Waals surface area contributed by atoms with Gasteiger partial charge in [-0.05, 0) is 81.4 Å². The van der Waals surface area contributed by atoms with E-state index in [9.17, 15) is 27.6 Å². The van der Waals surface area contributed by atoms with Gasteiger partial charge in [0, 0.05) is 38.7 Å². The van der Waals surface area contributed by atoms with E-state index in [1.54, 1.807) is 23.1 Å². The number of quaternary nitrogens is 1. The Morgan fingerprint density at radius 2 is 1.73 bits per heavy atom. The summed E-state index contributed by atoms with van der Waals surface area (Å²) in [5, 5.41) is 14.7. The number of esters is 1. The van der Waals surface area contributed by atoms with Crippen molar-refractivity contribution in [3.8, 4) is 6.07 Å². The number of benzene rings is 1. The van der Waals surface area contributed by atoms with Gasteiger partial charge in [0.25, 0.3) is 0 Å². The summed E-state index contributed by atoms with van der Waals surface area (Å²) in [6.45, 7) is 2.60. The number of amides is 2. The number of rotatable bonds is 16. The second kappa shape index (κ2) is 18.3. The third-order valence-electron chi connectivity index (χ3n) is 9.70. The first-order valence-corrected chi connectivity index (χ1v) is 18.1. The SMILES string of the molecule is COC(=O)C(CCC[N+](C)(C)C)NC(=O)CCCC1CCN(c2cc(N3CCC[C@H]3C(=O)NCCc3ccc(C#N)cc3)nc(C(F)(F)F)n2)CC1. The van der Waals surface area contributed by atoms with Crippen LogP contribution in [0.3, 0.4) is 0 Å². The Kier molecular flexibility index (Phi) is 14.2. The predicted molar refractivity (Wildman–Crippen MR) is 190 cm³/mol. The molecule has 1 unspecified atom stereocenters. The summed E-state index contributed by atoms with van der Waals surface area (Å²) in [5.41, 5.74) is 1.50. The van der Waals surface area contributed by atoms with Crippen LogP contribution in [0.25, 0.3) is 0 Å². The molecule has 2 saturated heterocycles. The number of nitrogens with one attached hydrogen (secondary N) is 2. The van der Waals surface area contributed by atoms with Crippen molar-refractivity contribution < 1.29 is 36.8 Å². The Morgan fingerprint density at radius 1 is 1.04 bits per heavy atom. The maximum atomic E-state index is 14.0. The number of nitrogens with zero attached hydrogens (tertiary/aromatic N) is 6. The number of nitriles is 1. The second-order valence-electron chi connectivity index (χ2n) is 14.7. The number of carbonyl (C=O) groups excluding carboxylic acids is 3. The fourth-order valence-electron chi connectivity index (χ4n) is 6.79. The van der Waals surface area contributed by atoms with Gasteiger partial charge >= 0.3 is 12.1 Å². The second-order valence-corrected chi connectivity index (χ2v) is 14.7. The van der Waals surface area contributed by atoms with Crippen LogP contribution in [-0.4, -0.2) is 105 Å². The highest BCUT2D eigenvalue weighted by Gasteiger charge is 2.39. The molecule has 2 N–H and O–H groups in total. The number of ether oxygens (including phenoxy) is 1. The fraction of sp³-hybridized carbons (Fsp3) is 0.622. The number of anilines is 2. The van der Waals surface area contributed by atoms with Crippen molar-refractivity contribution in [2.45, 2.75) is 82.5 Å². The monoisotopic (exact) mass is 729 g/mol. The molecule has 1 aromatic carbocycles. The first kappa shape index (κ1) is 40.3. The summed E-state index contributed by atoms with van der Waals surface area (Å²) in [6.07, 6.45) is 1.32. The molecule has 2 atom stereocenters. The lowest BCUT2D eigenvalue weighted by atomic mass is 9.91. The zero-order chi connectivity index (χ0) is 37.9. The molecule has 1 aromatic heterocycles. The van der Waals surface area contributed by atoms with E-state index >= 15 is 0 Å². The van der Waals surface area contributed by atoms with Crippen molar-refractivity contribution in [2.75, 3.05) is 70.8 Å². The third kappa shape index (κ3) is 12.1. The van der Waals surface area contributed by atoms with E-state index in [4.69, 9.17) is 10.00 Å². The van der Waals surface area contributed by atoms with Crippen LogP contribution < -0.4 is 20.4 Å². The summed E-state index contributed by atoms with van der Waals surface area (Å²) in [4.78, 5) is 49.4. The van der Waals surface area contributed by atoms with E-state index in [-0.39, 0.29) is 29.9 Å². The molecule has 284 valence electrons. The normalized spacial score (nSPS) is 17.4. The molecule has 2 aliphatic rings. The molecule has 0 aliphatic carbocycles. The van der Waals surface area contributed by atoms with E-state index < -0.39 is 30.1 Å². The molecule has 15 heteroatoms. The zero-order valence-corrected chi connectivity index (χ0v) is 30.7. The molecular formula is C37H52F3N8O4+. The van der Waals surface area contributed by atoms with Gasteiger partial charge in [0.1, 0.15) is 23.7 Å². The van der Waals surface area contributed by atoms with Crippen molar-refractivity contribution in [1.82, 2.24) is 20.6 Å². The highest BCUT2D eigenvalue weighted by atomic mass is 19.4. The van der Waals surface area contributed by atoms with Crippen molar-refractivity contribution in [3.05, 3.63) is 47.3 Å². The Morgan fingerprint density at radius 3 is 2.37 bits per heavy atom. The van der Waals surface area contributed by atoms with Crippen molar-refractivity contribution in [3.63, 3.8) is 0 Å². The van der Waals surface area contributed by atoms with Gasteiger partial charge in [-0.3, -0.25) is 9.59 Å². The van der Waals surface area contributed by atoms with Crippen LogP contribution in [0.5, 0.6) is 0 Å². The van der Waals surface area contributed by atoms with Crippen molar-refractivity contribution >= 4 is 29.4 Å². The lowest BCUT2D eigenvalue weighted by Gasteiger charge is -2.34. The minimum Gasteiger partial charge on any atom is -0.467 e. The standard InChI is InChI=1S/C37H51F3N8O4/c1-48(2,3)23-7-9-29(35(51)52-4)43-33(49)11-5-8-26-17-21-46(22-18-26)31-24-32(45-36(44-31)37(38,39)40)47-20-6-10-30(47)34(50)42-19-16-27-12-14-28(25-41)15-13-27/h12-15,24,26,29-30H,5-11,16-23H2,1-4H3,(H-,42,43,49,50)/p+1/t29?,30-/m0/s1. The van der Waals surface area contributed by atoms with E-state index in [2.05, 4.69) is 47.8 Å². The van der Waals surface area contributed by atoms with Crippen LogP contribution in [-0.2, 0) is 31.7 Å². The van der Waals surface area contributed by atoms with E-state index in [1.165, 1.54) is 7.11 Å². The fourth-order valence-corrected chi connectivity index (χ4v) is 6.79. The smallest absolute Gasteiger partial charge is 0.451 e. The molecule has 2 amide bonds. The van der Waals surface area contributed by atoms with Gasteiger partial charge in [0.05, 0.1) is 46.4 Å². The maximum Gasteiger partial charge on any atom is 0.451 e. The van der Waals surface area contributed by atoms with E-state index in [0.29, 0.717) is 69.8 Å². The number of hydrogen-bond acceptors (Lipinski definition) is 9. The minimum atomic E-state index is -4.76.